The average molecular weight is 349 g/mol. The van der Waals surface area contributed by atoms with Gasteiger partial charge in [-0.1, -0.05) is 6.07 Å². The van der Waals surface area contributed by atoms with Crippen molar-refractivity contribution >= 4 is 16.6 Å². The third kappa shape index (κ3) is 2.42. The van der Waals surface area contributed by atoms with Gasteiger partial charge < -0.3 is 14.2 Å². The largest absolute Gasteiger partial charge is 0.496 e. The predicted octanol–water partition coefficient (Wildman–Crippen LogP) is 3.88. The molecule has 0 fully saturated rings. The molecule has 0 saturated carbocycles. The summed E-state index contributed by atoms with van der Waals surface area (Å²) in [6.07, 6.45) is 1.72. The number of benzene rings is 2. The number of fused-ring (bicyclic) bond motifs is 3. The van der Waals surface area contributed by atoms with Crippen molar-refractivity contribution in [3.05, 3.63) is 48.3 Å². The summed E-state index contributed by atoms with van der Waals surface area (Å²) in [5, 5.41) is 9.30. The molecule has 2 aromatic carbocycles. The second-order valence-electron chi connectivity index (χ2n) is 6.03. The third-order valence-corrected chi connectivity index (χ3v) is 4.62. The molecule has 6 nitrogen and oxygen atoms in total. The fourth-order valence-electron chi connectivity index (χ4n) is 3.28. The standard InChI is InChI=1S/C20H19N3O3/c1-12-7-20-22-21-11-23(20)16-9-15(18(25-3)10-14(12)16)13-5-6-17(24-2)19(8-13)26-4/h5-11H,1-4H3. The van der Waals surface area contributed by atoms with E-state index < -0.39 is 0 Å². The summed E-state index contributed by atoms with van der Waals surface area (Å²) in [4.78, 5) is 0. The van der Waals surface area contributed by atoms with E-state index in [1.807, 2.05) is 28.7 Å². The molecule has 0 aliphatic rings. The van der Waals surface area contributed by atoms with Crippen LogP contribution in [0.3, 0.4) is 0 Å². The molecule has 4 rings (SSSR count). The highest BCUT2D eigenvalue weighted by molar-refractivity contribution is 5.92. The van der Waals surface area contributed by atoms with Crippen molar-refractivity contribution in [2.45, 2.75) is 6.92 Å². The van der Waals surface area contributed by atoms with Crippen LogP contribution >= 0.6 is 0 Å². The number of aryl methyl sites for hydroxylation is 1. The number of aromatic nitrogens is 3. The lowest BCUT2D eigenvalue weighted by Crippen LogP contribution is -1.95. The summed E-state index contributed by atoms with van der Waals surface area (Å²) in [5.41, 5.74) is 4.90. The van der Waals surface area contributed by atoms with E-state index in [-0.39, 0.29) is 0 Å². The van der Waals surface area contributed by atoms with Gasteiger partial charge in [-0.15, -0.1) is 10.2 Å². The van der Waals surface area contributed by atoms with Crippen LogP contribution in [0, 0.1) is 6.92 Å². The number of rotatable bonds is 4. The molecule has 0 radical (unpaired) electrons. The Morgan fingerprint density at radius 2 is 1.62 bits per heavy atom. The Kier molecular flexibility index (Phi) is 3.88. The Hall–Kier alpha value is -3.28. The molecular formula is C20H19N3O3. The Morgan fingerprint density at radius 3 is 2.35 bits per heavy atom. The van der Waals surface area contributed by atoms with E-state index in [4.69, 9.17) is 14.2 Å². The molecule has 6 heteroatoms. The van der Waals surface area contributed by atoms with E-state index in [1.54, 1.807) is 27.7 Å². The van der Waals surface area contributed by atoms with E-state index in [0.29, 0.717) is 11.5 Å². The minimum atomic E-state index is 0.672. The van der Waals surface area contributed by atoms with Gasteiger partial charge in [0.2, 0.25) is 0 Å². The van der Waals surface area contributed by atoms with Gasteiger partial charge in [0.1, 0.15) is 12.1 Å². The summed E-state index contributed by atoms with van der Waals surface area (Å²) in [6.45, 7) is 2.06. The van der Waals surface area contributed by atoms with Crippen LogP contribution in [-0.2, 0) is 0 Å². The summed E-state index contributed by atoms with van der Waals surface area (Å²) >= 11 is 0. The van der Waals surface area contributed by atoms with E-state index >= 15 is 0 Å². The fraction of sp³-hybridized carbons (Fsp3) is 0.200. The van der Waals surface area contributed by atoms with Crippen molar-refractivity contribution in [2.24, 2.45) is 0 Å². The van der Waals surface area contributed by atoms with Crippen LogP contribution in [0.5, 0.6) is 17.2 Å². The Bertz CT molecular complexity index is 1120. The average Bonchev–Trinajstić information content (AvgIpc) is 3.15. The van der Waals surface area contributed by atoms with Crippen molar-refractivity contribution in [3.8, 4) is 28.4 Å². The van der Waals surface area contributed by atoms with Gasteiger partial charge in [-0.2, -0.15) is 0 Å². The molecule has 132 valence electrons. The number of hydrogen-bond acceptors (Lipinski definition) is 5. The van der Waals surface area contributed by atoms with Gasteiger partial charge >= 0.3 is 0 Å². The quantitative estimate of drug-likeness (QED) is 0.559. The second kappa shape index (κ2) is 6.22. The first-order valence-corrected chi connectivity index (χ1v) is 8.19. The molecule has 0 amide bonds. The molecule has 0 unspecified atom stereocenters. The molecule has 2 aromatic heterocycles. The molecule has 0 atom stereocenters. The molecule has 0 aliphatic heterocycles. The van der Waals surface area contributed by atoms with Crippen molar-refractivity contribution in [2.75, 3.05) is 21.3 Å². The summed E-state index contributed by atoms with van der Waals surface area (Å²) < 4.78 is 18.4. The van der Waals surface area contributed by atoms with Gasteiger partial charge in [0.05, 0.1) is 26.8 Å². The molecular weight excluding hydrogens is 330 g/mol. The molecule has 0 N–H and O–H groups in total. The Balaban J connectivity index is 2.02. The molecule has 0 aliphatic carbocycles. The lowest BCUT2D eigenvalue weighted by Gasteiger charge is -2.15. The summed E-state index contributed by atoms with van der Waals surface area (Å²) in [6, 6.07) is 12.0. The SMILES string of the molecule is COc1ccc(-c2cc3c(cc2OC)c(C)cc2nncn23)cc1OC. The lowest BCUT2D eigenvalue weighted by atomic mass is 10.00. The topological polar surface area (TPSA) is 57.9 Å². The van der Waals surface area contributed by atoms with Crippen molar-refractivity contribution < 1.29 is 14.2 Å². The number of nitrogens with zero attached hydrogens (tertiary/aromatic N) is 3. The molecule has 26 heavy (non-hydrogen) atoms. The maximum atomic E-state index is 5.67. The smallest absolute Gasteiger partial charge is 0.161 e. The predicted molar refractivity (Wildman–Crippen MR) is 100 cm³/mol. The Morgan fingerprint density at radius 1 is 0.846 bits per heavy atom. The first-order chi connectivity index (χ1) is 12.7. The molecule has 0 saturated heterocycles. The van der Waals surface area contributed by atoms with Crippen LogP contribution in [0.1, 0.15) is 5.56 Å². The fourth-order valence-corrected chi connectivity index (χ4v) is 3.28. The molecule has 4 aromatic rings. The lowest BCUT2D eigenvalue weighted by molar-refractivity contribution is 0.355. The molecule has 0 bridgehead atoms. The van der Waals surface area contributed by atoms with Gasteiger partial charge in [-0.25, -0.2) is 0 Å². The van der Waals surface area contributed by atoms with Crippen molar-refractivity contribution in [1.29, 1.82) is 0 Å². The zero-order chi connectivity index (χ0) is 18.3. The van der Waals surface area contributed by atoms with Gasteiger partial charge in [0.25, 0.3) is 0 Å². The van der Waals surface area contributed by atoms with Crippen LogP contribution in [0.4, 0.5) is 0 Å². The highest BCUT2D eigenvalue weighted by atomic mass is 16.5. The van der Waals surface area contributed by atoms with Crippen LogP contribution in [0.2, 0.25) is 0 Å². The third-order valence-electron chi connectivity index (χ3n) is 4.62. The molecule has 2 heterocycles. The number of ether oxygens (including phenoxy) is 3. The van der Waals surface area contributed by atoms with Crippen molar-refractivity contribution in [3.63, 3.8) is 0 Å². The van der Waals surface area contributed by atoms with Crippen LogP contribution in [0.15, 0.2) is 42.7 Å². The first-order valence-electron chi connectivity index (χ1n) is 8.19. The Labute approximate surface area is 150 Å². The number of hydrogen-bond donors (Lipinski definition) is 0. The highest BCUT2D eigenvalue weighted by Crippen LogP contribution is 2.39. The monoisotopic (exact) mass is 349 g/mol. The van der Waals surface area contributed by atoms with E-state index in [0.717, 1.165) is 39.0 Å². The van der Waals surface area contributed by atoms with Gasteiger partial charge in [0.15, 0.2) is 17.1 Å². The van der Waals surface area contributed by atoms with E-state index in [2.05, 4.69) is 29.3 Å². The second-order valence-corrected chi connectivity index (χ2v) is 6.03. The van der Waals surface area contributed by atoms with Crippen LogP contribution in [0.25, 0.3) is 27.7 Å². The summed E-state index contributed by atoms with van der Waals surface area (Å²) in [7, 11) is 4.93. The zero-order valence-corrected chi connectivity index (χ0v) is 15.1. The first kappa shape index (κ1) is 16.2. The zero-order valence-electron chi connectivity index (χ0n) is 15.1. The van der Waals surface area contributed by atoms with Gasteiger partial charge in [-0.05, 0) is 48.4 Å². The van der Waals surface area contributed by atoms with Crippen LogP contribution < -0.4 is 14.2 Å². The van der Waals surface area contributed by atoms with Crippen LogP contribution in [-0.4, -0.2) is 35.9 Å². The normalized spacial score (nSPS) is 11.1. The minimum absolute atomic E-state index is 0.672. The summed E-state index contributed by atoms with van der Waals surface area (Å²) in [5.74, 6) is 2.15. The van der Waals surface area contributed by atoms with Gasteiger partial charge in [-0.3, -0.25) is 4.40 Å². The van der Waals surface area contributed by atoms with Gasteiger partial charge in [0, 0.05) is 10.9 Å². The number of pyridine rings is 1. The minimum Gasteiger partial charge on any atom is -0.496 e. The molecule has 0 spiro atoms. The van der Waals surface area contributed by atoms with Crippen molar-refractivity contribution in [1.82, 2.24) is 14.6 Å². The van der Waals surface area contributed by atoms with E-state index in [9.17, 15) is 0 Å². The van der Waals surface area contributed by atoms with E-state index in [1.165, 1.54) is 0 Å². The highest BCUT2D eigenvalue weighted by Gasteiger charge is 2.14. The maximum Gasteiger partial charge on any atom is 0.161 e. The number of methoxy groups -OCH3 is 3. The maximum absolute atomic E-state index is 5.67.